The normalized spacial score (nSPS) is 26.4. The number of allylic oxidation sites excluding steroid dienone is 1. The van der Waals surface area contributed by atoms with Crippen molar-refractivity contribution in [2.45, 2.75) is 60.9 Å². The highest BCUT2D eigenvalue weighted by atomic mass is 32.2. The van der Waals surface area contributed by atoms with Crippen LogP contribution < -0.4 is 0 Å². The molecule has 0 radical (unpaired) electrons. The van der Waals surface area contributed by atoms with Crippen molar-refractivity contribution in [1.29, 1.82) is 0 Å². The standard InChI is InChI=1S/C18H32N2O2S/c1-12-15(17(2,3)4)14-9-13(11-23(8,21)22)10-20(14)16(19-12)18(5,6)7/h12-13H,9-11H2,1-8H3/t12-,13?/m0/s1. The van der Waals surface area contributed by atoms with Gasteiger partial charge in [-0.25, -0.2) is 8.42 Å². The van der Waals surface area contributed by atoms with Gasteiger partial charge < -0.3 is 4.90 Å². The molecule has 5 heteroatoms. The van der Waals surface area contributed by atoms with Crippen molar-refractivity contribution < 1.29 is 8.42 Å². The third-order valence-electron chi connectivity index (χ3n) is 4.57. The highest BCUT2D eigenvalue weighted by Gasteiger charge is 2.42. The maximum atomic E-state index is 11.7. The Bertz CT molecular complexity index is 645. The van der Waals surface area contributed by atoms with Crippen molar-refractivity contribution in [1.82, 2.24) is 4.90 Å². The molecule has 0 aliphatic carbocycles. The van der Waals surface area contributed by atoms with Crippen molar-refractivity contribution in [2.75, 3.05) is 18.6 Å². The van der Waals surface area contributed by atoms with Crippen LogP contribution in [0.4, 0.5) is 0 Å². The number of fused-ring (bicyclic) bond motifs is 1. The average molecular weight is 341 g/mol. The Morgan fingerprint density at radius 2 is 1.70 bits per heavy atom. The minimum atomic E-state index is -2.96. The monoisotopic (exact) mass is 340 g/mol. The van der Waals surface area contributed by atoms with Crippen molar-refractivity contribution in [3.63, 3.8) is 0 Å². The van der Waals surface area contributed by atoms with Crippen LogP contribution in [0.15, 0.2) is 16.3 Å². The van der Waals surface area contributed by atoms with E-state index in [1.807, 2.05) is 0 Å². The Labute approximate surface area is 142 Å². The van der Waals surface area contributed by atoms with E-state index in [1.54, 1.807) is 0 Å². The second-order valence-corrected chi connectivity index (χ2v) is 11.4. The molecule has 0 aromatic heterocycles. The summed E-state index contributed by atoms with van der Waals surface area (Å²) >= 11 is 0. The van der Waals surface area contributed by atoms with Gasteiger partial charge in [0.2, 0.25) is 0 Å². The topological polar surface area (TPSA) is 49.7 Å². The van der Waals surface area contributed by atoms with Crippen LogP contribution in [0.2, 0.25) is 0 Å². The van der Waals surface area contributed by atoms with Gasteiger partial charge in [-0.15, -0.1) is 0 Å². The summed E-state index contributed by atoms with van der Waals surface area (Å²) in [6.45, 7) is 16.2. The highest BCUT2D eigenvalue weighted by Crippen LogP contribution is 2.44. The molecule has 2 rings (SSSR count). The summed E-state index contributed by atoms with van der Waals surface area (Å²) in [5, 5.41) is 0. The van der Waals surface area contributed by atoms with Crippen LogP contribution in [0, 0.1) is 16.7 Å². The first-order valence-electron chi connectivity index (χ1n) is 8.47. The van der Waals surface area contributed by atoms with E-state index in [2.05, 4.69) is 53.4 Å². The van der Waals surface area contributed by atoms with E-state index in [9.17, 15) is 8.42 Å². The lowest BCUT2D eigenvalue weighted by molar-refractivity contribution is 0.392. The van der Waals surface area contributed by atoms with Crippen LogP contribution in [0.5, 0.6) is 0 Å². The molecule has 0 bridgehead atoms. The van der Waals surface area contributed by atoms with Gasteiger partial charge in [-0.2, -0.15) is 0 Å². The van der Waals surface area contributed by atoms with Gasteiger partial charge in [0.15, 0.2) is 0 Å². The molecule has 0 aromatic rings. The van der Waals surface area contributed by atoms with Crippen LogP contribution in [-0.2, 0) is 9.84 Å². The first kappa shape index (κ1) is 18.5. The smallest absolute Gasteiger partial charge is 0.147 e. The molecule has 0 saturated carbocycles. The van der Waals surface area contributed by atoms with Crippen LogP contribution in [0.3, 0.4) is 0 Å². The summed E-state index contributed by atoms with van der Waals surface area (Å²) < 4.78 is 23.5. The van der Waals surface area contributed by atoms with Crippen molar-refractivity contribution in [3.05, 3.63) is 11.3 Å². The first-order valence-corrected chi connectivity index (χ1v) is 10.5. The van der Waals surface area contributed by atoms with Crippen LogP contribution >= 0.6 is 0 Å². The number of nitrogens with zero attached hydrogens (tertiary/aromatic N) is 2. The van der Waals surface area contributed by atoms with Gasteiger partial charge in [0, 0.05) is 23.9 Å². The van der Waals surface area contributed by atoms with Gasteiger partial charge >= 0.3 is 0 Å². The lowest BCUT2D eigenvalue weighted by atomic mass is 9.79. The number of aliphatic imine (C=N–C) groups is 1. The van der Waals surface area contributed by atoms with E-state index >= 15 is 0 Å². The maximum absolute atomic E-state index is 11.7. The number of hydrogen-bond acceptors (Lipinski definition) is 4. The molecular formula is C18H32N2O2S. The summed E-state index contributed by atoms with van der Waals surface area (Å²) in [6.07, 6.45) is 2.18. The number of amidine groups is 1. The van der Waals surface area contributed by atoms with Crippen molar-refractivity contribution in [2.24, 2.45) is 21.7 Å². The largest absolute Gasteiger partial charge is 0.333 e. The van der Waals surface area contributed by atoms with E-state index in [0.717, 1.165) is 18.8 Å². The third kappa shape index (κ3) is 3.98. The third-order valence-corrected chi connectivity index (χ3v) is 5.64. The van der Waals surface area contributed by atoms with E-state index < -0.39 is 9.84 Å². The molecule has 2 atom stereocenters. The Hall–Kier alpha value is -0.840. The molecule has 0 spiro atoms. The number of rotatable bonds is 2. The van der Waals surface area contributed by atoms with Gasteiger partial charge in [0.05, 0.1) is 11.8 Å². The van der Waals surface area contributed by atoms with Gasteiger partial charge in [-0.3, -0.25) is 4.99 Å². The summed E-state index contributed by atoms with van der Waals surface area (Å²) in [7, 11) is -2.96. The molecule has 1 unspecified atom stereocenters. The minimum absolute atomic E-state index is 0.0388. The molecule has 4 nitrogen and oxygen atoms in total. The first-order chi connectivity index (χ1) is 10.2. The molecule has 0 aromatic carbocycles. The molecular weight excluding hydrogens is 308 g/mol. The van der Waals surface area contributed by atoms with Gasteiger partial charge in [0.25, 0.3) is 0 Å². The maximum Gasteiger partial charge on any atom is 0.147 e. The minimum Gasteiger partial charge on any atom is -0.333 e. The van der Waals surface area contributed by atoms with Crippen LogP contribution in [0.1, 0.15) is 54.9 Å². The summed E-state index contributed by atoms with van der Waals surface area (Å²) in [6, 6.07) is 0.160. The predicted octanol–water partition coefficient (Wildman–Crippen LogP) is 3.50. The van der Waals surface area contributed by atoms with Gasteiger partial charge in [-0.1, -0.05) is 41.5 Å². The fourth-order valence-electron chi connectivity index (χ4n) is 4.04. The zero-order chi connectivity index (χ0) is 17.8. The van der Waals surface area contributed by atoms with Crippen LogP contribution in [0.25, 0.3) is 0 Å². The second kappa shape index (κ2) is 5.61. The average Bonchev–Trinajstić information content (AvgIpc) is 2.63. The Morgan fingerprint density at radius 1 is 1.13 bits per heavy atom. The molecule has 1 saturated heterocycles. The Balaban J connectivity index is 2.48. The van der Waals surface area contributed by atoms with Gasteiger partial charge in [0.1, 0.15) is 15.7 Å². The second-order valence-electron chi connectivity index (χ2n) is 9.26. The molecule has 0 amide bonds. The Kier molecular flexibility index (Phi) is 4.51. The highest BCUT2D eigenvalue weighted by molar-refractivity contribution is 7.90. The van der Waals surface area contributed by atoms with Crippen LogP contribution in [-0.4, -0.2) is 43.7 Å². The lowest BCUT2D eigenvalue weighted by Gasteiger charge is -2.41. The Morgan fingerprint density at radius 3 is 2.13 bits per heavy atom. The molecule has 132 valence electrons. The quantitative estimate of drug-likeness (QED) is 0.773. The number of sulfone groups is 1. The fourth-order valence-corrected chi connectivity index (χ4v) is 5.12. The zero-order valence-electron chi connectivity index (χ0n) is 15.9. The fraction of sp³-hybridized carbons (Fsp3) is 0.833. The molecule has 0 N–H and O–H groups in total. The van der Waals surface area contributed by atoms with Gasteiger partial charge in [-0.05, 0) is 30.3 Å². The van der Waals surface area contributed by atoms with E-state index in [4.69, 9.17) is 4.99 Å². The van der Waals surface area contributed by atoms with E-state index in [-0.39, 0.29) is 28.5 Å². The summed E-state index contributed by atoms with van der Waals surface area (Å²) in [5.74, 6) is 1.52. The molecule has 2 aliphatic heterocycles. The van der Waals surface area contributed by atoms with E-state index in [1.165, 1.54) is 17.5 Å². The van der Waals surface area contributed by atoms with Crippen molar-refractivity contribution in [3.8, 4) is 0 Å². The van der Waals surface area contributed by atoms with Crippen molar-refractivity contribution >= 4 is 15.7 Å². The van der Waals surface area contributed by atoms with E-state index in [0.29, 0.717) is 0 Å². The summed E-state index contributed by atoms with van der Waals surface area (Å²) in [4.78, 5) is 7.33. The lowest BCUT2D eigenvalue weighted by Crippen LogP contribution is -2.43. The molecule has 2 heterocycles. The number of hydrogen-bond donors (Lipinski definition) is 0. The molecule has 2 aliphatic rings. The summed E-state index contributed by atoms with van der Waals surface area (Å²) in [5.41, 5.74) is 2.68. The zero-order valence-corrected chi connectivity index (χ0v) is 16.7. The molecule has 1 fully saturated rings. The molecule has 23 heavy (non-hydrogen) atoms. The SMILES string of the molecule is C[C@@H]1N=C(C(C)(C)C)N2CC(CS(C)(=O)=O)CC2=C1C(C)(C)C. The predicted molar refractivity (Wildman–Crippen MR) is 97.4 cm³/mol.